The summed E-state index contributed by atoms with van der Waals surface area (Å²) in [7, 11) is 0. The van der Waals surface area contributed by atoms with Gasteiger partial charge in [-0.3, -0.25) is 9.78 Å². The van der Waals surface area contributed by atoms with Gasteiger partial charge in [-0.25, -0.2) is 4.98 Å². The summed E-state index contributed by atoms with van der Waals surface area (Å²) in [5.74, 6) is -0.0571. The van der Waals surface area contributed by atoms with Crippen LogP contribution < -0.4 is 11.1 Å². The third kappa shape index (κ3) is 4.14. The molecule has 6 heteroatoms. The van der Waals surface area contributed by atoms with E-state index in [0.29, 0.717) is 12.2 Å². The van der Waals surface area contributed by atoms with Crippen molar-refractivity contribution in [1.29, 1.82) is 0 Å². The summed E-state index contributed by atoms with van der Waals surface area (Å²) in [5.41, 5.74) is 9.19. The Balaban J connectivity index is 1.59. The Bertz CT molecular complexity index is 801. The molecule has 116 valence electrons. The lowest BCUT2D eigenvalue weighted by Gasteiger charge is -2.03. The van der Waals surface area contributed by atoms with Gasteiger partial charge in [-0.15, -0.1) is 11.3 Å². The molecule has 23 heavy (non-hydrogen) atoms. The minimum atomic E-state index is -0.0571. The highest BCUT2D eigenvalue weighted by Gasteiger charge is 2.09. The molecule has 0 fully saturated rings. The fourth-order valence-electron chi connectivity index (χ4n) is 2.12. The standard InChI is InChI=1S/C17H16N4OS/c18-14-5-1-4-13(7-14)17-21-15(11-23-17)8-16(22)20-10-12-3-2-6-19-9-12/h1-7,9,11H,8,10,18H2,(H,20,22). The van der Waals surface area contributed by atoms with Crippen molar-refractivity contribution in [2.45, 2.75) is 13.0 Å². The topological polar surface area (TPSA) is 80.9 Å². The molecule has 0 aliphatic carbocycles. The fourth-order valence-corrected chi connectivity index (χ4v) is 2.94. The molecule has 2 aromatic heterocycles. The van der Waals surface area contributed by atoms with E-state index in [1.807, 2.05) is 41.8 Å². The number of nitrogen functional groups attached to an aromatic ring is 1. The molecular weight excluding hydrogens is 308 g/mol. The molecule has 0 saturated carbocycles. The molecule has 3 aromatic rings. The predicted octanol–water partition coefficient (Wildman–Crippen LogP) is 2.65. The molecule has 0 atom stereocenters. The number of amides is 1. The number of nitrogens with zero attached hydrogens (tertiary/aromatic N) is 2. The lowest BCUT2D eigenvalue weighted by atomic mass is 10.2. The second-order valence-corrected chi connectivity index (χ2v) is 5.94. The number of carbonyl (C=O) groups excluding carboxylic acids is 1. The molecule has 0 unspecified atom stereocenters. The summed E-state index contributed by atoms with van der Waals surface area (Å²) in [4.78, 5) is 20.5. The maximum Gasteiger partial charge on any atom is 0.226 e. The predicted molar refractivity (Wildman–Crippen MR) is 91.8 cm³/mol. The van der Waals surface area contributed by atoms with Gasteiger partial charge in [-0.05, 0) is 23.8 Å². The van der Waals surface area contributed by atoms with Gasteiger partial charge in [-0.2, -0.15) is 0 Å². The van der Waals surface area contributed by atoms with Gasteiger partial charge >= 0.3 is 0 Å². The second-order valence-electron chi connectivity index (χ2n) is 5.08. The van der Waals surface area contributed by atoms with E-state index in [2.05, 4.69) is 15.3 Å². The molecule has 0 aliphatic rings. The normalized spacial score (nSPS) is 10.4. The third-order valence-corrected chi connectivity index (χ3v) is 4.18. The minimum absolute atomic E-state index is 0.0571. The van der Waals surface area contributed by atoms with Crippen molar-refractivity contribution in [3.05, 3.63) is 65.4 Å². The van der Waals surface area contributed by atoms with Gasteiger partial charge in [-0.1, -0.05) is 18.2 Å². The van der Waals surface area contributed by atoms with Crippen LogP contribution in [0.1, 0.15) is 11.3 Å². The SMILES string of the molecule is Nc1cccc(-c2nc(CC(=O)NCc3cccnc3)cs2)c1. The average molecular weight is 324 g/mol. The van der Waals surface area contributed by atoms with Gasteiger partial charge in [0, 0.05) is 35.6 Å². The molecule has 0 aliphatic heterocycles. The second kappa shape index (κ2) is 7.02. The summed E-state index contributed by atoms with van der Waals surface area (Å²) in [6, 6.07) is 11.3. The summed E-state index contributed by atoms with van der Waals surface area (Å²) < 4.78 is 0. The molecule has 3 N–H and O–H groups in total. The molecular formula is C17H16N4OS. The highest BCUT2D eigenvalue weighted by molar-refractivity contribution is 7.13. The van der Waals surface area contributed by atoms with E-state index in [9.17, 15) is 4.79 Å². The number of nitrogens with one attached hydrogen (secondary N) is 1. The van der Waals surface area contributed by atoms with Crippen molar-refractivity contribution in [3.63, 3.8) is 0 Å². The monoisotopic (exact) mass is 324 g/mol. The smallest absolute Gasteiger partial charge is 0.226 e. The zero-order valence-corrected chi connectivity index (χ0v) is 13.2. The van der Waals surface area contributed by atoms with Crippen LogP contribution in [0.15, 0.2) is 54.2 Å². The van der Waals surface area contributed by atoms with Crippen LogP contribution in [0.4, 0.5) is 5.69 Å². The average Bonchev–Trinajstić information content (AvgIpc) is 3.02. The van der Waals surface area contributed by atoms with Gasteiger partial charge in [0.25, 0.3) is 0 Å². The molecule has 1 aromatic carbocycles. The Morgan fingerprint density at radius 3 is 2.96 bits per heavy atom. The first-order valence-corrected chi connectivity index (χ1v) is 8.04. The number of benzene rings is 1. The lowest BCUT2D eigenvalue weighted by Crippen LogP contribution is -2.24. The van der Waals surface area contributed by atoms with E-state index < -0.39 is 0 Å². The number of pyridine rings is 1. The number of hydrogen-bond donors (Lipinski definition) is 2. The highest BCUT2D eigenvalue weighted by Crippen LogP contribution is 2.25. The zero-order chi connectivity index (χ0) is 16.1. The van der Waals surface area contributed by atoms with Gasteiger partial charge in [0.15, 0.2) is 0 Å². The first-order valence-electron chi connectivity index (χ1n) is 7.16. The first-order chi connectivity index (χ1) is 11.2. The van der Waals surface area contributed by atoms with E-state index in [1.165, 1.54) is 11.3 Å². The minimum Gasteiger partial charge on any atom is -0.399 e. The number of aromatic nitrogens is 2. The van der Waals surface area contributed by atoms with Crippen LogP contribution in [0.5, 0.6) is 0 Å². The molecule has 1 amide bonds. The van der Waals surface area contributed by atoms with Crippen molar-refractivity contribution in [1.82, 2.24) is 15.3 Å². The molecule has 2 heterocycles. The Labute approximate surface area is 138 Å². The summed E-state index contributed by atoms with van der Waals surface area (Å²) in [6.07, 6.45) is 3.71. The van der Waals surface area contributed by atoms with E-state index >= 15 is 0 Å². The lowest BCUT2D eigenvalue weighted by molar-refractivity contribution is -0.120. The van der Waals surface area contributed by atoms with E-state index in [0.717, 1.165) is 21.8 Å². The van der Waals surface area contributed by atoms with Crippen LogP contribution in [0, 0.1) is 0 Å². The number of anilines is 1. The summed E-state index contributed by atoms with van der Waals surface area (Å²) >= 11 is 1.51. The maximum absolute atomic E-state index is 12.0. The van der Waals surface area contributed by atoms with Crippen LogP contribution in [-0.4, -0.2) is 15.9 Å². The van der Waals surface area contributed by atoms with Gasteiger partial charge in [0.1, 0.15) is 5.01 Å². The summed E-state index contributed by atoms with van der Waals surface area (Å²) in [5, 5.41) is 5.64. The zero-order valence-electron chi connectivity index (χ0n) is 12.4. The van der Waals surface area contributed by atoms with Crippen LogP contribution in [0.3, 0.4) is 0 Å². The van der Waals surface area contributed by atoms with Crippen LogP contribution in [0.25, 0.3) is 10.6 Å². The van der Waals surface area contributed by atoms with Gasteiger partial charge in [0.05, 0.1) is 12.1 Å². The van der Waals surface area contributed by atoms with Crippen molar-refractivity contribution in [2.24, 2.45) is 0 Å². The molecule has 0 radical (unpaired) electrons. The number of carbonyl (C=O) groups is 1. The van der Waals surface area contributed by atoms with Crippen LogP contribution in [0.2, 0.25) is 0 Å². The third-order valence-electron chi connectivity index (χ3n) is 3.24. The first kappa shape index (κ1) is 15.2. The van der Waals surface area contributed by atoms with Crippen LogP contribution in [-0.2, 0) is 17.8 Å². The summed E-state index contributed by atoms with van der Waals surface area (Å²) in [6.45, 7) is 0.471. The highest BCUT2D eigenvalue weighted by atomic mass is 32.1. The Kier molecular flexibility index (Phi) is 4.63. The number of hydrogen-bond acceptors (Lipinski definition) is 5. The fraction of sp³-hybridized carbons (Fsp3) is 0.118. The molecule has 0 saturated heterocycles. The van der Waals surface area contributed by atoms with Crippen molar-refractivity contribution >= 4 is 22.9 Å². The van der Waals surface area contributed by atoms with Crippen LogP contribution >= 0.6 is 11.3 Å². The Hall–Kier alpha value is -2.73. The van der Waals surface area contributed by atoms with E-state index in [1.54, 1.807) is 12.4 Å². The number of nitrogens with two attached hydrogens (primary N) is 1. The Morgan fingerprint density at radius 2 is 2.17 bits per heavy atom. The maximum atomic E-state index is 12.0. The van der Waals surface area contributed by atoms with Crippen molar-refractivity contribution in [3.8, 4) is 10.6 Å². The molecule has 0 spiro atoms. The number of rotatable bonds is 5. The molecule has 0 bridgehead atoms. The quantitative estimate of drug-likeness (QED) is 0.707. The molecule has 3 rings (SSSR count). The van der Waals surface area contributed by atoms with E-state index in [4.69, 9.17) is 5.73 Å². The van der Waals surface area contributed by atoms with Crippen molar-refractivity contribution < 1.29 is 4.79 Å². The number of thiazole rings is 1. The molecule has 5 nitrogen and oxygen atoms in total. The van der Waals surface area contributed by atoms with Gasteiger partial charge < -0.3 is 11.1 Å². The Morgan fingerprint density at radius 1 is 1.26 bits per heavy atom. The van der Waals surface area contributed by atoms with Crippen molar-refractivity contribution in [2.75, 3.05) is 5.73 Å². The van der Waals surface area contributed by atoms with E-state index in [-0.39, 0.29) is 12.3 Å². The van der Waals surface area contributed by atoms with Gasteiger partial charge in [0.2, 0.25) is 5.91 Å². The largest absolute Gasteiger partial charge is 0.399 e.